The molecule has 2 aromatic rings. The van der Waals surface area contributed by atoms with Gasteiger partial charge in [0.1, 0.15) is 0 Å². The van der Waals surface area contributed by atoms with Crippen molar-refractivity contribution in [2.75, 3.05) is 12.4 Å². The van der Waals surface area contributed by atoms with Crippen LogP contribution in [0, 0.1) is 6.92 Å². The minimum atomic E-state index is -3.74. The minimum Gasteiger partial charge on any atom is -0.325 e. The summed E-state index contributed by atoms with van der Waals surface area (Å²) >= 11 is 0. The standard InChI is InChI=1S/C18H23N3O3S/c1-13-4-6-15(7-5-13)12-21(3)14(2)18(22)20-16-8-10-17(11-9-16)25(19,23)24/h4-11,14H,12H2,1-3H3,(H,20,22)(H2,19,23,24). The maximum absolute atomic E-state index is 12.4. The quantitative estimate of drug-likeness (QED) is 0.824. The highest BCUT2D eigenvalue weighted by atomic mass is 32.2. The summed E-state index contributed by atoms with van der Waals surface area (Å²) in [5.74, 6) is -0.169. The number of amides is 1. The summed E-state index contributed by atoms with van der Waals surface area (Å²) in [6.45, 7) is 4.51. The molecule has 2 rings (SSSR count). The molecule has 6 nitrogen and oxygen atoms in total. The van der Waals surface area contributed by atoms with Crippen molar-refractivity contribution >= 4 is 21.6 Å². The van der Waals surface area contributed by atoms with Gasteiger partial charge in [-0.2, -0.15) is 0 Å². The molecule has 25 heavy (non-hydrogen) atoms. The van der Waals surface area contributed by atoms with Gasteiger partial charge in [-0.25, -0.2) is 13.6 Å². The van der Waals surface area contributed by atoms with Crippen molar-refractivity contribution in [1.29, 1.82) is 0 Å². The fraction of sp³-hybridized carbons (Fsp3) is 0.278. The molecule has 0 bridgehead atoms. The highest BCUT2D eigenvalue weighted by molar-refractivity contribution is 7.89. The van der Waals surface area contributed by atoms with Crippen molar-refractivity contribution in [2.45, 2.75) is 31.3 Å². The monoisotopic (exact) mass is 361 g/mol. The number of hydrogen-bond donors (Lipinski definition) is 2. The molecule has 2 aromatic carbocycles. The zero-order valence-corrected chi connectivity index (χ0v) is 15.4. The topological polar surface area (TPSA) is 92.5 Å². The Morgan fingerprint density at radius 3 is 2.20 bits per heavy atom. The second-order valence-electron chi connectivity index (χ2n) is 6.14. The highest BCUT2D eigenvalue weighted by Gasteiger charge is 2.18. The zero-order chi connectivity index (χ0) is 18.6. The molecule has 1 amide bonds. The van der Waals surface area contributed by atoms with Crippen LogP contribution < -0.4 is 10.5 Å². The largest absolute Gasteiger partial charge is 0.325 e. The molecule has 0 aliphatic carbocycles. The Labute approximate surface area is 148 Å². The number of carbonyl (C=O) groups excluding carboxylic acids is 1. The second-order valence-corrected chi connectivity index (χ2v) is 7.70. The van der Waals surface area contributed by atoms with E-state index >= 15 is 0 Å². The van der Waals surface area contributed by atoms with Crippen molar-refractivity contribution in [3.05, 3.63) is 59.7 Å². The summed E-state index contributed by atoms with van der Waals surface area (Å²) in [5.41, 5.74) is 2.85. The molecule has 3 N–H and O–H groups in total. The third kappa shape index (κ3) is 5.38. The number of sulfonamides is 1. The summed E-state index contributed by atoms with van der Waals surface area (Å²) in [6.07, 6.45) is 0. The first-order valence-corrected chi connectivity index (χ1v) is 9.41. The van der Waals surface area contributed by atoms with Crippen molar-refractivity contribution < 1.29 is 13.2 Å². The molecule has 1 atom stereocenters. The lowest BCUT2D eigenvalue weighted by molar-refractivity contribution is -0.120. The summed E-state index contributed by atoms with van der Waals surface area (Å²) in [5, 5.41) is 7.84. The Balaban J connectivity index is 1.98. The molecule has 0 fully saturated rings. The molecule has 0 aromatic heterocycles. The number of nitrogens with two attached hydrogens (primary N) is 1. The van der Waals surface area contributed by atoms with Crippen LogP contribution >= 0.6 is 0 Å². The fourth-order valence-electron chi connectivity index (χ4n) is 2.29. The van der Waals surface area contributed by atoms with E-state index in [9.17, 15) is 13.2 Å². The first-order valence-electron chi connectivity index (χ1n) is 7.86. The van der Waals surface area contributed by atoms with Gasteiger partial charge in [0.2, 0.25) is 15.9 Å². The molecule has 7 heteroatoms. The van der Waals surface area contributed by atoms with E-state index in [0.717, 1.165) is 5.56 Å². The van der Waals surface area contributed by atoms with E-state index in [0.29, 0.717) is 12.2 Å². The average Bonchev–Trinajstić information content (AvgIpc) is 2.55. The lowest BCUT2D eigenvalue weighted by atomic mass is 10.1. The normalized spacial score (nSPS) is 12.8. The zero-order valence-electron chi connectivity index (χ0n) is 14.6. The number of nitrogens with one attached hydrogen (secondary N) is 1. The van der Waals surface area contributed by atoms with Crippen molar-refractivity contribution in [1.82, 2.24) is 4.90 Å². The van der Waals surface area contributed by atoms with Crippen LogP contribution in [0.15, 0.2) is 53.4 Å². The van der Waals surface area contributed by atoms with E-state index in [1.807, 2.05) is 50.1 Å². The molecule has 0 saturated carbocycles. The summed E-state index contributed by atoms with van der Waals surface area (Å²) in [4.78, 5) is 14.3. The Bertz CT molecular complexity index is 831. The number of hydrogen-bond acceptors (Lipinski definition) is 4. The highest BCUT2D eigenvalue weighted by Crippen LogP contribution is 2.14. The summed E-state index contributed by atoms with van der Waals surface area (Å²) < 4.78 is 22.5. The number of aryl methyl sites for hydroxylation is 1. The van der Waals surface area contributed by atoms with Crippen LogP contribution in [0.5, 0.6) is 0 Å². The van der Waals surface area contributed by atoms with E-state index in [4.69, 9.17) is 5.14 Å². The number of nitrogens with zero attached hydrogens (tertiary/aromatic N) is 1. The van der Waals surface area contributed by atoms with Crippen LogP contribution in [0.25, 0.3) is 0 Å². The molecular weight excluding hydrogens is 338 g/mol. The van der Waals surface area contributed by atoms with Gasteiger partial charge >= 0.3 is 0 Å². The molecule has 0 heterocycles. The van der Waals surface area contributed by atoms with Gasteiger partial charge in [0.05, 0.1) is 10.9 Å². The third-order valence-electron chi connectivity index (χ3n) is 4.04. The number of likely N-dealkylation sites (N-methyl/N-ethyl adjacent to an activating group) is 1. The first-order chi connectivity index (χ1) is 11.7. The second kappa shape index (κ2) is 7.77. The van der Waals surface area contributed by atoms with Gasteiger partial charge in [-0.3, -0.25) is 9.69 Å². The fourth-order valence-corrected chi connectivity index (χ4v) is 2.81. The Hall–Kier alpha value is -2.22. The SMILES string of the molecule is Cc1ccc(CN(C)C(C)C(=O)Nc2ccc(S(N)(=O)=O)cc2)cc1. The Kier molecular flexibility index (Phi) is 5.94. The van der Waals surface area contributed by atoms with Crippen LogP contribution in [0.4, 0.5) is 5.69 Å². The first kappa shape index (κ1) is 19.1. The molecule has 0 saturated heterocycles. The van der Waals surface area contributed by atoms with Crippen molar-refractivity contribution in [3.63, 3.8) is 0 Å². The maximum atomic E-state index is 12.4. The average molecular weight is 361 g/mol. The van der Waals surface area contributed by atoms with Gasteiger partial charge < -0.3 is 5.32 Å². The molecule has 1 unspecified atom stereocenters. The Morgan fingerprint density at radius 2 is 1.68 bits per heavy atom. The minimum absolute atomic E-state index is 0.00929. The molecule has 0 aliphatic rings. The third-order valence-corrected chi connectivity index (χ3v) is 4.97. The van der Waals surface area contributed by atoms with Gasteiger partial charge in [0.15, 0.2) is 0 Å². The lowest BCUT2D eigenvalue weighted by Gasteiger charge is -2.24. The van der Waals surface area contributed by atoms with Crippen molar-refractivity contribution in [2.24, 2.45) is 5.14 Å². The number of anilines is 1. The summed E-state index contributed by atoms with van der Waals surface area (Å²) in [7, 11) is -1.85. The number of benzene rings is 2. The Morgan fingerprint density at radius 1 is 1.12 bits per heavy atom. The number of primary sulfonamides is 1. The van der Waals surface area contributed by atoms with E-state index < -0.39 is 10.0 Å². The predicted octanol–water partition coefficient (Wildman–Crippen LogP) is 2.10. The van der Waals surface area contributed by atoms with Gasteiger partial charge in [-0.1, -0.05) is 29.8 Å². The van der Waals surface area contributed by atoms with Gasteiger partial charge in [-0.15, -0.1) is 0 Å². The van der Waals surface area contributed by atoms with Gasteiger partial charge in [-0.05, 0) is 50.7 Å². The lowest BCUT2D eigenvalue weighted by Crippen LogP contribution is -2.39. The van der Waals surface area contributed by atoms with Gasteiger partial charge in [0.25, 0.3) is 0 Å². The number of carbonyl (C=O) groups is 1. The molecular formula is C18H23N3O3S. The predicted molar refractivity (Wildman–Crippen MR) is 98.6 cm³/mol. The molecule has 0 spiro atoms. The van der Waals surface area contributed by atoms with Crippen LogP contribution in [0.3, 0.4) is 0 Å². The van der Waals surface area contributed by atoms with Crippen molar-refractivity contribution in [3.8, 4) is 0 Å². The van der Waals surface area contributed by atoms with Crippen LogP contribution in [0.2, 0.25) is 0 Å². The number of rotatable bonds is 6. The van der Waals surface area contributed by atoms with Crippen LogP contribution in [-0.2, 0) is 21.4 Å². The summed E-state index contributed by atoms with van der Waals surface area (Å²) in [6, 6.07) is 13.6. The van der Waals surface area contributed by atoms with E-state index in [1.165, 1.54) is 29.8 Å². The maximum Gasteiger partial charge on any atom is 0.241 e. The van der Waals surface area contributed by atoms with E-state index in [-0.39, 0.29) is 16.8 Å². The smallest absolute Gasteiger partial charge is 0.241 e. The van der Waals surface area contributed by atoms with Crippen LogP contribution in [-0.4, -0.2) is 32.3 Å². The van der Waals surface area contributed by atoms with Crippen LogP contribution in [0.1, 0.15) is 18.1 Å². The van der Waals surface area contributed by atoms with E-state index in [2.05, 4.69) is 5.32 Å². The molecule has 134 valence electrons. The molecule has 0 radical (unpaired) electrons. The van der Waals surface area contributed by atoms with E-state index in [1.54, 1.807) is 0 Å². The van der Waals surface area contributed by atoms with Gasteiger partial charge in [0, 0.05) is 12.2 Å². The molecule has 0 aliphatic heterocycles.